The Hall–Kier alpha value is -1.40. The minimum absolute atomic E-state index is 0.0820. The van der Waals surface area contributed by atoms with Gasteiger partial charge in [0.15, 0.2) is 0 Å². The van der Waals surface area contributed by atoms with E-state index in [0.717, 1.165) is 26.9 Å². The molecule has 1 N–H and O–H groups in total. The fourth-order valence-electron chi connectivity index (χ4n) is 2.22. The van der Waals surface area contributed by atoms with E-state index in [1.54, 1.807) is 6.07 Å². The zero-order valence-electron chi connectivity index (χ0n) is 11.6. The smallest absolute Gasteiger partial charge is 0.283 e. The fraction of sp³-hybridized carbons (Fsp3) is 0.200. The third kappa shape index (κ3) is 3.63. The monoisotopic (exact) mass is 412 g/mol. The minimum Gasteiger partial charge on any atom is -0.380 e. The third-order valence-electron chi connectivity index (χ3n) is 3.21. The number of halogens is 2. The van der Waals surface area contributed by atoms with Crippen molar-refractivity contribution in [3.8, 4) is 0 Å². The first-order chi connectivity index (χ1) is 9.90. The Morgan fingerprint density at radius 2 is 1.81 bits per heavy atom. The van der Waals surface area contributed by atoms with Crippen molar-refractivity contribution in [2.24, 2.45) is 0 Å². The number of nitrogens with one attached hydrogen (secondary N) is 1. The summed E-state index contributed by atoms with van der Waals surface area (Å²) in [7, 11) is 0. The van der Waals surface area contributed by atoms with Crippen molar-refractivity contribution in [1.82, 2.24) is 0 Å². The number of hydrogen-bond acceptors (Lipinski definition) is 3. The lowest BCUT2D eigenvalue weighted by Gasteiger charge is -2.14. The van der Waals surface area contributed by atoms with Gasteiger partial charge in [-0.2, -0.15) is 0 Å². The Bertz CT molecular complexity index is 679. The quantitative estimate of drug-likeness (QED) is 0.542. The topological polar surface area (TPSA) is 55.2 Å². The lowest BCUT2D eigenvalue weighted by Crippen LogP contribution is -2.04. The maximum atomic E-state index is 10.9. The van der Waals surface area contributed by atoms with Crippen molar-refractivity contribution >= 4 is 43.2 Å². The number of nitrogens with zero attached hydrogens (tertiary/aromatic N) is 1. The number of aryl methyl sites for hydroxylation is 2. The number of rotatable bonds is 4. The average Bonchev–Trinajstić information content (AvgIpc) is 2.38. The molecule has 0 fully saturated rings. The molecule has 0 saturated carbocycles. The standard InChI is InChI=1S/C15H14Br2N2O2/c1-9-6-12(16)7-10(2)15(9)18-8-11-4-3-5-13(14(11)17)19(20)21/h3-7,18H,8H2,1-2H3. The summed E-state index contributed by atoms with van der Waals surface area (Å²) in [6.07, 6.45) is 0. The van der Waals surface area contributed by atoms with Crippen molar-refractivity contribution in [2.45, 2.75) is 20.4 Å². The van der Waals surface area contributed by atoms with Gasteiger partial charge in [0.25, 0.3) is 5.69 Å². The van der Waals surface area contributed by atoms with Crippen LogP contribution < -0.4 is 5.32 Å². The predicted octanol–water partition coefficient (Wildman–Crippen LogP) is 5.35. The van der Waals surface area contributed by atoms with Crippen molar-refractivity contribution in [2.75, 3.05) is 5.32 Å². The SMILES string of the molecule is Cc1cc(Br)cc(C)c1NCc1cccc([N+](=O)[O-])c1Br. The summed E-state index contributed by atoms with van der Waals surface area (Å²) in [6.45, 7) is 4.58. The van der Waals surface area contributed by atoms with E-state index in [-0.39, 0.29) is 10.6 Å². The summed E-state index contributed by atoms with van der Waals surface area (Å²) in [6, 6.07) is 9.13. The van der Waals surface area contributed by atoms with Gasteiger partial charge >= 0.3 is 0 Å². The third-order valence-corrected chi connectivity index (χ3v) is 4.58. The van der Waals surface area contributed by atoms with Gasteiger partial charge in [0.05, 0.1) is 4.92 Å². The van der Waals surface area contributed by atoms with Crippen LogP contribution in [0.5, 0.6) is 0 Å². The molecule has 0 saturated heterocycles. The van der Waals surface area contributed by atoms with E-state index in [1.165, 1.54) is 6.07 Å². The molecule has 0 bridgehead atoms. The highest BCUT2D eigenvalue weighted by atomic mass is 79.9. The largest absolute Gasteiger partial charge is 0.380 e. The molecule has 0 aromatic heterocycles. The Labute approximate surface area is 140 Å². The maximum absolute atomic E-state index is 10.9. The molecule has 0 spiro atoms. The van der Waals surface area contributed by atoms with E-state index in [2.05, 4.69) is 37.2 Å². The Morgan fingerprint density at radius 1 is 1.19 bits per heavy atom. The summed E-state index contributed by atoms with van der Waals surface area (Å²) in [4.78, 5) is 10.6. The van der Waals surface area contributed by atoms with Crippen LogP contribution in [-0.2, 0) is 6.54 Å². The molecule has 6 heteroatoms. The molecular formula is C15H14Br2N2O2. The summed E-state index contributed by atoms with van der Waals surface area (Å²) in [5.41, 5.74) is 4.24. The van der Waals surface area contributed by atoms with E-state index in [0.29, 0.717) is 11.0 Å². The molecule has 0 radical (unpaired) electrons. The number of nitro groups is 1. The first-order valence-corrected chi connectivity index (χ1v) is 7.91. The summed E-state index contributed by atoms with van der Waals surface area (Å²) in [5.74, 6) is 0. The molecule has 0 atom stereocenters. The lowest BCUT2D eigenvalue weighted by molar-refractivity contribution is -0.385. The molecule has 0 unspecified atom stereocenters. The molecule has 21 heavy (non-hydrogen) atoms. The van der Waals surface area contributed by atoms with Crippen LogP contribution in [0.25, 0.3) is 0 Å². The molecular weight excluding hydrogens is 400 g/mol. The average molecular weight is 414 g/mol. The van der Waals surface area contributed by atoms with Gasteiger partial charge in [-0.05, 0) is 58.6 Å². The lowest BCUT2D eigenvalue weighted by atomic mass is 10.1. The zero-order valence-corrected chi connectivity index (χ0v) is 14.8. The van der Waals surface area contributed by atoms with E-state index >= 15 is 0 Å². The van der Waals surface area contributed by atoms with E-state index < -0.39 is 0 Å². The molecule has 0 aliphatic rings. The first-order valence-electron chi connectivity index (χ1n) is 6.32. The van der Waals surface area contributed by atoms with Gasteiger partial charge in [-0.15, -0.1) is 0 Å². The highest BCUT2D eigenvalue weighted by molar-refractivity contribution is 9.11. The summed E-state index contributed by atoms with van der Waals surface area (Å²) < 4.78 is 1.56. The summed E-state index contributed by atoms with van der Waals surface area (Å²) in [5, 5.41) is 14.3. The normalized spacial score (nSPS) is 10.5. The second-order valence-corrected chi connectivity index (χ2v) is 6.48. The Kier molecular flexibility index (Phi) is 5.00. The second-order valence-electron chi connectivity index (χ2n) is 4.78. The van der Waals surface area contributed by atoms with Crippen LogP contribution in [0.1, 0.15) is 16.7 Å². The van der Waals surface area contributed by atoms with E-state index in [4.69, 9.17) is 0 Å². The van der Waals surface area contributed by atoms with Gasteiger partial charge in [-0.1, -0.05) is 28.1 Å². The maximum Gasteiger partial charge on any atom is 0.283 e. The molecule has 2 aromatic rings. The highest BCUT2D eigenvalue weighted by Gasteiger charge is 2.15. The van der Waals surface area contributed by atoms with Crippen LogP contribution in [0.15, 0.2) is 39.3 Å². The molecule has 2 aromatic carbocycles. The summed E-state index contributed by atoms with van der Waals surface area (Å²) >= 11 is 6.78. The van der Waals surface area contributed by atoms with Gasteiger partial charge in [0.2, 0.25) is 0 Å². The first kappa shape index (κ1) is 16.0. The van der Waals surface area contributed by atoms with Gasteiger partial charge in [-0.25, -0.2) is 0 Å². The van der Waals surface area contributed by atoms with Crippen molar-refractivity contribution in [3.05, 3.63) is 66.1 Å². The second kappa shape index (κ2) is 6.58. The number of hydrogen-bond donors (Lipinski definition) is 1. The Balaban J connectivity index is 2.25. The van der Waals surface area contributed by atoms with Crippen LogP contribution in [0.3, 0.4) is 0 Å². The molecule has 0 aliphatic heterocycles. The molecule has 0 amide bonds. The Morgan fingerprint density at radius 3 is 2.38 bits per heavy atom. The van der Waals surface area contributed by atoms with Crippen LogP contribution in [0, 0.1) is 24.0 Å². The van der Waals surface area contributed by atoms with Gasteiger partial charge < -0.3 is 5.32 Å². The van der Waals surface area contributed by atoms with Gasteiger partial charge in [0.1, 0.15) is 4.47 Å². The number of benzene rings is 2. The molecule has 0 heterocycles. The van der Waals surface area contributed by atoms with Gasteiger partial charge in [0, 0.05) is 22.8 Å². The molecule has 2 rings (SSSR count). The van der Waals surface area contributed by atoms with Gasteiger partial charge in [-0.3, -0.25) is 10.1 Å². The van der Waals surface area contributed by atoms with Crippen molar-refractivity contribution in [3.63, 3.8) is 0 Å². The van der Waals surface area contributed by atoms with E-state index in [9.17, 15) is 10.1 Å². The minimum atomic E-state index is -0.385. The fourth-order valence-corrected chi connectivity index (χ4v) is 3.45. The van der Waals surface area contributed by atoms with Crippen LogP contribution in [0.2, 0.25) is 0 Å². The number of nitro benzene ring substituents is 1. The number of anilines is 1. The molecule has 110 valence electrons. The molecule has 4 nitrogen and oxygen atoms in total. The zero-order chi connectivity index (χ0) is 15.6. The van der Waals surface area contributed by atoms with Crippen molar-refractivity contribution < 1.29 is 4.92 Å². The van der Waals surface area contributed by atoms with Crippen LogP contribution in [0.4, 0.5) is 11.4 Å². The molecule has 0 aliphatic carbocycles. The van der Waals surface area contributed by atoms with Crippen LogP contribution in [-0.4, -0.2) is 4.92 Å². The van der Waals surface area contributed by atoms with Crippen molar-refractivity contribution in [1.29, 1.82) is 0 Å². The predicted molar refractivity (Wildman–Crippen MR) is 91.7 cm³/mol. The highest BCUT2D eigenvalue weighted by Crippen LogP contribution is 2.30. The van der Waals surface area contributed by atoms with Crippen LogP contribution >= 0.6 is 31.9 Å². The van der Waals surface area contributed by atoms with E-state index in [1.807, 2.05) is 32.0 Å².